The van der Waals surface area contributed by atoms with E-state index < -0.39 is 0 Å². The van der Waals surface area contributed by atoms with Gasteiger partial charge in [-0.2, -0.15) is 0 Å². The Labute approximate surface area is 139 Å². The number of esters is 1. The van der Waals surface area contributed by atoms with Crippen LogP contribution in [0.4, 0.5) is 0 Å². The molecule has 0 heterocycles. The fraction of sp³-hybridized carbons (Fsp3) is 0.474. The Bertz CT molecular complexity index is 532. The first-order valence-corrected chi connectivity index (χ1v) is 8.11. The van der Waals surface area contributed by atoms with Crippen LogP contribution in [0.25, 0.3) is 6.08 Å². The summed E-state index contributed by atoms with van der Waals surface area (Å²) in [6.45, 7) is 9.27. The maximum absolute atomic E-state index is 12.4. The molecule has 0 aliphatic rings. The first-order chi connectivity index (χ1) is 10.9. The third-order valence-electron chi connectivity index (χ3n) is 3.28. The third kappa shape index (κ3) is 7.63. The molecule has 1 amide bonds. The normalized spacial score (nSPS) is 11.0. The van der Waals surface area contributed by atoms with Crippen LogP contribution in [0.1, 0.15) is 38.3 Å². The van der Waals surface area contributed by atoms with E-state index in [9.17, 15) is 9.59 Å². The van der Waals surface area contributed by atoms with E-state index in [-0.39, 0.29) is 18.3 Å². The molecule has 0 spiro atoms. The highest BCUT2D eigenvalue weighted by Crippen LogP contribution is 2.07. The van der Waals surface area contributed by atoms with E-state index in [1.165, 1.54) is 5.56 Å². The molecule has 0 aromatic heterocycles. The van der Waals surface area contributed by atoms with Crippen molar-refractivity contribution in [3.63, 3.8) is 0 Å². The summed E-state index contributed by atoms with van der Waals surface area (Å²) >= 11 is 0. The van der Waals surface area contributed by atoms with Crippen molar-refractivity contribution >= 4 is 18.0 Å². The average molecular weight is 317 g/mol. The second-order valence-corrected chi connectivity index (χ2v) is 5.98. The minimum atomic E-state index is -0.267. The lowest BCUT2D eigenvalue weighted by molar-refractivity contribution is -0.143. The van der Waals surface area contributed by atoms with E-state index in [1.807, 2.05) is 45.0 Å². The lowest BCUT2D eigenvalue weighted by atomic mass is 10.1. The molecule has 0 saturated heterocycles. The van der Waals surface area contributed by atoms with Gasteiger partial charge in [-0.05, 0) is 31.4 Å². The summed E-state index contributed by atoms with van der Waals surface area (Å²) in [5.41, 5.74) is 2.17. The third-order valence-corrected chi connectivity index (χ3v) is 3.28. The molecular formula is C19H27NO3. The molecule has 23 heavy (non-hydrogen) atoms. The van der Waals surface area contributed by atoms with Crippen LogP contribution in [0.2, 0.25) is 0 Å². The molecule has 0 N–H and O–H groups in total. The Hall–Kier alpha value is -2.10. The molecule has 0 bridgehead atoms. The Morgan fingerprint density at radius 3 is 2.43 bits per heavy atom. The van der Waals surface area contributed by atoms with Crippen molar-refractivity contribution in [2.24, 2.45) is 5.92 Å². The van der Waals surface area contributed by atoms with Gasteiger partial charge in [-0.25, -0.2) is 0 Å². The van der Waals surface area contributed by atoms with Crippen molar-refractivity contribution in [3.05, 3.63) is 41.5 Å². The van der Waals surface area contributed by atoms with Crippen molar-refractivity contribution in [1.82, 2.24) is 4.90 Å². The summed E-state index contributed by atoms with van der Waals surface area (Å²) in [6.07, 6.45) is 3.60. The van der Waals surface area contributed by atoms with E-state index in [1.54, 1.807) is 24.0 Å². The van der Waals surface area contributed by atoms with Gasteiger partial charge in [0.1, 0.15) is 0 Å². The maximum Gasteiger partial charge on any atom is 0.307 e. The maximum atomic E-state index is 12.4. The SMILES string of the molecule is CCOC(=O)CCN(CC(C)C)C(=O)/C=C/c1ccc(C)cc1. The van der Waals surface area contributed by atoms with Crippen molar-refractivity contribution in [2.45, 2.75) is 34.1 Å². The van der Waals surface area contributed by atoms with Gasteiger partial charge in [0.25, 0.3) is 0 Å². The number of benzene rings is 1. The van der Waals surface area contributed by atoms with E-state index >= 15 is 0 Å². The van der Waals surface area contributed by atoms with Crippen LogP contribution in [0.15, 0.2) is 30.3 Å². The number of amides is 1. The largest absolute Gasteiger partial charge is 0.466 e. The van der Waals surface area contributed by atoms with Crippen LogP contribution in [-0.2, 0) is 14.3 Å². The van der Waals surface area contributed by atoms with Gasteiger partial charge >= 0.3 is 5.97 Å². The van der Waals surface area contributed by atoms with Crippen molar-refractivity contribution in [1.29, 1.82) is 0 Å². The standard InChI is InChI=1S/C19H27NO3/c1-5-23-19(22)12-13-20(14-15(2)3)18(21)11-10-17-8-6-16(4)7-9-17/h6-11,15H,5,12-14H2,1-4H3/b11-10+. The Kier molecular flexibility index (Phi) is 8.09. The summed E-state index contributed by atoms with van der Waals surface area (Å²) in [5.74, 6) is -0.00550. The van der Waals surface area contributed by atoms with Gasteiger partial charge in [0.2, 0.25) is 5.91 Å². The van der Waals surface area contributed by atoms with Gasteiger partial charge in [-0.15, -0.1) is 0 Å². The predicted molar refractivity (Wildman–Crippen MR) is 92.9 cm³/mol. The molecule has 4 heteroatoms. The molecular weight excluding hydrogens is 290 g/mol. The molecule has 0 radical (unpaired) electrons. The monoisotopic (exact) mass is 317 g/mol. The first-order valence-electron chi connectivity index (χ1n) is 8.11. The van der Waals surface area contributed by atoms with Crippen LogP contribution in [0, 0.1) is 12.8 Å². The Morgan fingerprint density at radius 1 is 1.22 bits per heavy atom. The number of carbonyl (C=O) groups is 2. The second kappa shape index (κ2) is 9.82. The minimum Gasteiger partial charge on any atom is -0.466 e. The molecule has 0 aliphatic carbocycles. The van der Waals surface area contributed by atoms with Crippen LogP contribution >= 0.6 is 0 Å². The van der Waals surface area contributed by atoms with Gasteiger partial charge in [0, 0.05) is 19.2 Å². The number of ether oxygens (including phenoxy) is 1. The van der Waals surface area contributed by atoms with Crippen LogP contribution in [0.3, 0.4) is 0 Å². The van der Waals surface area contributed by atoms with Gasteiger partial charge in [-0.1, -0.05) is 43.7 Å². The van der Waals surface area contributed by atoms with Crippen molar-refractivity contribution in [3.8, 4) is 0 Å². The second-order valence-electron chi connectivity index (χ2n) is 5.98. The average Bonchev–Trinajstić information content (AvgIpc) is 2.50. The van der Waals surface area contributed by atoms with Gasteiger partial charge < -0.3 is 9.64 Å². The number of carbonyl (C=O) groups excluding carboxylic acids is 2. The number of nitrogens with zero attached hydrogens (tertiary/aromatic N) is 1. The number of hydrogen-bond donors (Lipinski definition) is 0. The summed E-state index contributed by atoms with van der Waals surface area (Å²) < 4.78 is 4.92. The smallest absolute Gasteiger partial charge is 0.307 e. The van der Waals surface area contributed by atoms with Gasteiger partial charge in [0.05, 0.1) is 13.0 Å². The van der Waals surface area contributed by atoms with Gasteiger partial charge in [0.15, 0.2) is 0 Å². The zero-order valence-corrected chi connectivity index (χ0v) is 14.5. The van der Waals surface area contributed by atoms with Crippen molar-refractivity contribution < 1.29 is 14.3 Å². The quantitative estimate of drug-likeness (QED) is 0.545. The van der Waals surface area contributed by atoms with E-state index in [0.29, 0.717) is 25.6 Å². The van der Waals surface area contributed by atoms with E-state index in [2.05, 4.69) is 0 Å². The molecule has 1 aromatic rings. The minimum absolute atomic E-state index is 0.0800. The van der Waals surface area contributed by atoms with Crippen LogP contribution in [-0.4, -0.2) is 36.5 Å². The van der Waals surface area contributed by atoms with Crippen molar-refractivity contribution in [2.75, 3.05) is 19.7 Å². The Morgan fingerprint density at radius 2 is 1.87 bits per heavy atom. The number of aryl methyl sites for hydroxylation is 1. The molecule has 4 nitrogen and oxygen atoms in total. The lowest BCUT2D eigenvalue weighted by Gasteiger charge is -2.22. The molecule has 0 fully saturated rings. The molecule has 0 saturated carbocycles. The zero-order valence-electron chi connectivity index (χ0n) is 14.5. The summed E-state index contributed by atoms with van der Waals surface area (Å²) in [7, 11) is 0. The highest BCUT2D eigenvalue weighted by atomic mass is 16.5. The summed E-state index contributed by atoms with van der Waals surface area (Å²) in [6, 6.07) is 7.97. The van der Waals surface area contributed by atoms with Crippen LogP contribution < -0.4 is 0 Å². The summed E-state index contributed by atoms with van der Waals surface area (Å²) in [4.78, 5) is 25.6. The fourth-order valence-corrected chi connectivity index (χ4v) is 2.14. The van der Waals surface area contributed by atoms with E-state index in [0.717, 1.165) is 5.56 Å². The molecule has 1 rings (SSSR count). The molecule has 0 aliphatic heterocycles. The van der Waals surface area contributed by atoms with E-state index in [4.69, 9.17) is 4.74 Å². The predicted octanol–water partition coefficient (Wildman–Crippen LogP) is 3.45. The molecule has 126 valence electrons. The molecule has 0 atom stereocenters. The highest BCUT2D eigenvalue weighted by molar-refractivity contribution is 5.92. The first kappa shape index (κ1) is 18.9. The number of hydrogen-bond acceptors (Lipinski definition) is 3. The molecule has 0 unspecified atom stereocenters. The zero-order chi connectivity index (χ0) is 17.2. The fourth-order valence-electron chi connectivity index (χ4n) is 2.14. The Balaban J connectivity index is 2.66. The number of rotatable bonds is 8. The van der Waals surface area contributed by atoms with Gasteiger partial charge in [-0.3, -0.25) is 9.59 Å². The summed E-state index contributed by atoms with van der Waals surface area (Å²) in [5, 5.41) is 0. The molecule has 1 aromatic carbocycles. The van der Waals surface area contributed by atoms with Crippen LogP contribution in [0.5, 0.6) is 0 Å². The highest BCUT2D eigenvalue weighted by Gasteiger charge is 2.14. The lowest BCUT2D eigenvalue weighted by Crippen LogP contribution is -2.35. The topological polar surface area (TPSA) is 46.6 Å².